The van der Waals surface area contributed by atoms with E-state index in [-0.39, 0.29) is 0 Å². The van der Waals surface area contributed by atoms with E-state index in [1.165, 1.54) is 16.7 Å². The van der Waals surface area contributed by atoms with Crippen molar-refractivity contribution >= 4 is 0 Å². The molecule has 1 aliphatic heterocycles. The van der Waals surface area contributed by atoms with Gasteiger partial charge in [-0.05, 0) is 37.6 Å². The molecule has 2 N–H and O–H groups in total. The number of aryl methyl sites for hydroxylation is 2. The lowest BCUT2D eigenvalue weighted by Crippen LogP contribution is -2.47. The highest BCUT2D eigenvalue weighted by Crippen LogP contribution is 2.27. The molecule has 0 aliphatic carbocycles. The zero-order chi connectivity index (χ0) is 13.1. The fourth-order valence-corrected chi connectivity index (χ4v) is 2.94. The molecular weight excluding hydrogens is 222 g/mol. The van der Waals surface area contributed by atoms with Crippen molar-refractivity contribution < 1.29 is 0 Å². The smallest absolute Gasteiger partial charge is 0.0476 e. The monoisotopic (exact) mass is 247 g/mol. The van der Waals surface area contributed by atoms with E-state index in [4.69, 9.17) is 5.73 Å². The van der Waals surface area contributed by atoms with Crippen LogP contribution in [0.1, 0.15) is 22.7 Å². The second kappa shape index (κ2) is 5.83. The minimum absolute atomic E-state index is 0.375. The van der Waals surface area contributed by atoms with Crippen molar-refractivity contribution in [2.24, 2.45) is 5.73 Å². The number of nitrogens with zero attached hydrogens (tertiary/aromatic N) is 2. The van der Waals surface area contributed by atoms with Crippen molar-refractivity contribution in [1.82, 2.24) is 9.80 Å². The molecule has 0 bridgehead atoms. The Morgan fingerprint density at radius 1 is 1.11 bits per heavy atom. The van der Waals surface area contributed by atoms with E-state index < -0.39 is 0 Å². The Morgan fingerprint density at radius 2 is 1.67 bits per heavy atom. The van der Waals surface area contributed by atoms with Crippen LogP contribution in [0.5, 0.6) is 0 Å². The number of benzene rings is 1. The maximum atomic E-state index is 6.05. The summed E-state index contributed by atoms with van der Waals surface area (Å²) in [6.07, 6.45) is 0. The molecule has 0 spiro atoms. The van der Waals surface area contributed by atoms with E-state index in [2.05, 4.69) is 48.9 Å². The maximum absolute atomic E-state index is 6.05. The van der Waals surface area contributed by atoms with E-state index in [0.29, 0.717) is 12.6 Å². The first-order chi connectivity index (χ1) is 8.63. The number of rotatable bonds is 3. The average molecular weight is 247 g/mol. The van der Waals surface area contributed by atoms with E-state index in [9.17, 15) is 0 Å². The van der Waals surface area contributed by atoms with Crippen molar-refractivity contribution in [2.45, 2.75) is 19.9 Å². The average Bonchev–Trinajstić information content (AvgIpc) is 2.35. The molecule has 0 radical (unpaired) electrons. The molecule has 1 atom stereocenters. The standard InChI is InChI=1S/C15H25N3/c1-12-5-4-6-13(2)15(12)14(11-16)18-9-7-17(3)8-10-18/h4-6,14H,7-11,16H2,1-3H3. The number of hydrogen-bond donors (Lipinski definition) is 1. The third-order valence-corrected chi connectivity index (χ3v) is 4.08. The van der Waals surface area contributed by atoms with E-state index in [1.54, 1.807) is 0 Å². The first-order valence-electron chi connectivity index (χ1n) is 6.82. The molecule has 3 heteroatoms. The highest BCUT2D eigenvalue weighted by molar-refractivity contribution is 5.36. The fourth-order valence-electron chi connectivity index (χ4n) is 2.94. The van der Waals surface area contributed by atoms with Gasteiger partial charge in [-0.2, -0.15) is 0 Å². The number of hydrogen-bond acceptors (Lipinski definition) is 3. The van der Waals surface area contributed by atoms with Gasteiger partial charge < -0.3 is 10.6 Å². The van der Waals surface area contributed by atoms with E-state index in [0.717, 1.165) is 26.2 Å². The summed E-state index contributed by atoms with van der Waals surface area (Å²) in [7, 11) is 2.19. The van der Waals surface area contributed by atoms with Crippen LogP contribution in [0.25, 0.3) is 0 Å². The van der Waals surface area contributed by atoms with Crippen LogP contribution in [0.15, 0.2) is 18.2 Å². The van der Waals surface area contributed by atoms with E-state index in [1.807, 2.05) is 0 Å². The van der Waals surface area contributed by atoms with Crippen LogP contribution in [0.2, 0.25) is 0 Å². The Bertz CT molecular complexity index is 374. The number of nitrogens with two attached hydrogens (primary N) is 1. The molecule has 0 aromatic heterocycles. The summed E-state index contributed by atoms with van der Waals surface area (Å²) < 4.78 is 0. The van der Waals surface area contributed by atoms with Crippen LogP contribution in [-0.2, 0) is 0 Å². The molecule has 100 valence electrons. The van der Waals surface area contributed by atoms with Crippen molar-refractivity contribution in [3.63, 3.8) is 0 Å². The molecule has 1 saturated heterocycles. The third-order valence-electron chi connectivity index (χ3n) is 4.08. The quantitative estimate of drug-likeness (QED) is 0.879. The van der Waals surface area contributed by atoms with Crippen molar-refractivity contribution in [3.05, 3.63) is 34.9 Å². The van der Waals surface area contributed by atoms with Gasteiger partial charge >= 0.3 is 0 Å². The molecule has 2 rings (SSSR count). The molecule has 1 aromatic carbocycles. The Kier molecular flexibility index (Phi) is 4.38. The Balaban J connectivity index is 2.23. The van der Waals surface area contributed by atoms with Crippen molar-refractivity contribution in [1.29, 1.82) is 0 Å². The zero-order valence-electron chi connectivity index (χ0n) is 11.8. The zero-order valence-corrected chi connectivity index (χ0v) is 11.8. The predicted molar refractivity (Wildman–Crippen MR) is 76.8 cm³/mol. The van der Waals surface area contributed by atoms with Gasteiger partial charge in [0.1, 0.15) is 0 Å². The van der Waals surface area contributed by atoms with Gasteiger partial charge in [0.05, 0.1) is 0 Å². The maximum Gasteiger partial charge on any atom is 0.0476 e. The summed E-state index contributed by atoms with van der Waals surface area (Å²) in [5.41, 5.74) is 10.2. The lowest BCUT2D eigenvalue weighted by molar-refractivity contribution is 0.114. The van der Waals surface area contributed by atoms with Crippen molar-refractivity contribution in [3.8, 4) is 0 Å². The van der Waals surface area contributed by atoms with Gasteiger partial charge in [-0.25, -0.2) is 0 Å². The summed E-state index contributed by atoms with van der Waals surface area (Å²) in [6.45, 7) is 9.61. The normalized spacial score (nSPS) is 20.0. The van der Waals surface area contributed by atoms with Crippen LogP contribution in [0.3, 0.4) is 0 Å². The number of likely N-dealkylation sites (N-methyl/N-ethyl adjacent to an activating group) is 1. The van der Waals surface area contributed by atoms with Gasteiger partial charge in [-0.1, -0.05) is 18.2 Å². The molecule has 0 amide bonds. The second-order valence-electron chi connectivity index (χ2n) is 5.40. The third kappa shape index (κ3) is 2.74. The first-order valence-corrected chi connectivity index (χ1v) is 6.82. The predicted octanol–water partition coefficient (Wildman–Crippen LogP) is 1.55. The minimum Gasteiger partial charge on any atom is -0.329 e. The van der Waals surface area contributed by atoms with Crippen LogP contribution in [0.4, 0.5) is 0 Å². The Labute approximate surface area is 111 Å². The van der Waals surface area contributed by atoms with Crippen LogP contribution in [0, 0.1) is 13.8 Å². The second-order valence-corrected chi connectivity index (χ2v) is 5.40. The summed E-state index contributed by atoms with van der Waals surface area (Å²) >= 11 is 0. The molecule has 1 heterocycles. The molecule has 1 unspecified atom stereocenters. The summed E-state index contributed by atoms with van der Waals surface area (Å²) in [5.74, 6) is 0. The minimum atomic E-state index is 0.375. The summed E-state index contributed by atoms with van der Waals surface area (Å²) in [5, 5.41) is 0. The lowest BCUT2D eigenvalue weighted by atomic mass is 9.94. The molecular formula is C15H25N3. The largest absolute Gasteiger partial charge is 0.329 e. The Morgan fingerprint density at radius 3 is 2.17 bits per heavy atom. The molecule has 18 heavy (non-hydrogen) atoms. The van der Waals surface area contributed by atoms with Gasteiger partial charge in [0.2, 0.25) is 0 Å². The van der Waals surface area contributed by atoms with Crippen molar-refractivity contribution in [2.75, 3.05) is 39.8 Å². The fraction of sp³-hybridized carbons (Fsp3) is 0.600. The van der Waals surface area contributed by atoms with Gasteiger partial charge in [-0.3, -0.25) is 4.90 Å². The molecule has 1 aliphatic rings. The molecule has 1 fully saturated rings. The van der Waals surface area contributed by atoms with Gasteiger partial charge in [-0.15, -0.1) is 0 Å². The lowest BCUT2D eigenvalue weighted by Gasteiger charge is -2.38. The van der Waals surface area contributed by atoms with Gasteiger partial charge in [0.15, 0.2) is 0 Å². The molecule has 3 nitrogen and oxygen atoms in total. The van der Waals surface area contributed by atoms with Gasteiger partial charge in [0.25, 0.3) is 0 Å². The SMILES string of the molecule is Cc1cccc(C)c1C(CN)N1CCN(C)CC1. The van der Waals surface area contributed by atoms with Gasteiger partial charge in [0, 0.05) is 38.8 Å². The van der Waals surface area contributed by atoms with E-state index >= 15 is 0 Å². The first kappa shape index (κ1) is 13.5. The highest BCUT2D eigenvalue weighted by Gasteiger charge is 2.24. The highest BCUT2D eigenvalue weighted by atomic mass is 15.3. The van der Waals surface area contributed by atoms with Crippen LogP contribution in [-0.4, -0.2) is 49.6 Å². The van der Waals surface area contributed by atoms with Crippen LogP contribution < -0.4 is 5.73 Å². The summed E-state index contributed by atoms with van der Waals surface area (Å²) in [4.78, 5) is 4.92. The number of piperazine rings is 1. The van der Waals surface area contributed by atoms with Crippen LogP contribution >= 0.6 is 0 Å². The molecule has 1 aromatic rings. The summed E-state index contributed by atoms with van der Waals surface area (Å²) in [6, 6.07) is 6.90. The topological polar surface area (TPSA) is 32.5 Å². The molecule has 0 saturated carbocycles. The Hall–Kier alpha value is -0.900.